The number of para-hydroxylation sites is 1. The molecule has 2 aromatic heterocycles. The minimum atomic E-state index is 0.343. The van der Waals surface area contributed by atoms with Crippen molar-refractivity contribution in [2.45, 2.75) is 32.7 Å². The summed E-state index contributed by atoms with van der Waals surface area (Å²) < 4.78 is 2.39. The summed E-state index contributed by atoms with van der Waals surface area (Å²) in [5.74, 6) is 1.69. The summed E-state index contributed by atoms with van der Waals surface area (Å²) in [7, 11) is 0. The van der Waals surface area contributed by atoms with E-state index in [0.29, 0.717) is 11.9 Å². The number of alkyl halides is 1. The average molecular weight is 319 g/mol. The van der Waals surface area contributed by atoms with E-state index in [1.165, 1.54) is 16.0 Å². The number of aryl methyl sites for hydroxylation is 2. The third kappa shape index (κ3) is 2.60. The van der Waals surface area contributed by atoms with Gasteiger partial charge in [0.05, 0.1) is 17.1 Å². The zero-order chi connectivity index (χ0) is 14.8. The molecule has 0 amide bonds. The van der Waals surface area contributed by atoms with Crippen molar-refractivity contribution in [2.75, 3.05) is 5.88 Å². The molecule has 0 radical (unpaired) electrons. The highest BCUT2D eigenvalue weighted by Crippen LogP contribution is 2.32. The normalized spacial score (nSPS) is 12.9. The number of hydrogen-bond donors (Lipinski definition) is 0. The Balaban J connectivity index is 2.23. The van der Waals surface area contributed by atoms with Crippen LogP contribution < -0.4 is 0 Å². The molecule has 0 aliphatic heterocycles. The molecule has 1 atom stereocenters. The molecule has 0 aliphatic carbocycles. The van der Waals surface area contributed by atoms with Crippen molar-refractivity contribution >= 4 is 34.0 Å². The molecule has 0 bridgehead atoms. The fourth-order valence-corrected chi connectivity index (χ4v) is 3.98. The van der Waals surface area contributed by atoms with Crippen molar-refractivity contribution in [3.63, 3.8) is 0 Å². The van der Waals surface area contributed by atoms with Crippen molar-refractivity contribution in [1.29, 1.82) is 0 Å². The van der Waals surface area contributed by atoms with Crippen LogP contribution in [-0.4, -0.2) is 15.4 Å². The Hall–Kier alpha value is -1.32. The minimum absolute atomic E-state index is 0.343. The van der Waals surface area contributed by atoms with Gasteiger partial charge in [0.1, 0.15) is 5.82 Å². The van der Waals surface area contributed by atoms with Gasteiger partial charge in [0.2, 0.25) is 0 Å². The first-order valence-electron chi connectivity index (χ1n) is 7.32. The number of thiophene rings is 1. The third-order valence-electron chi connectivity index (χ3n) is 3.88. The van der Waals surface area contributed by atoms with Crippen LogP contribution in [0.3, 0.4) is 0 Å². The Kier molecular flexibility index (Phi) is 4.32. The molecule has 3 rings (SSSR count). The summed E-state index contributed by atoms with van der Waals surface area (Å²) in [6, 6.07) is 11.1. The van der Waals surface area contributed by atoms with Gasteiger partial charge in [-0.25, -0.2) is 4.98 Å². The van der Waals surface area contributed by atoms with E-state index in [1.807, 2.05) is 11.3 Å². The second-order valence-electron chi connectivity index (χ2n) is 5.22. The van der Waals surface area contributed by atoms with Crippen molar-refractivity contribution in [3.8, 4) is 0 Å². The van der Waals surface area contributed by atoms with Crippen LogP contribution in [0.2, 0.25) is 0 Å². The van der Waals surface area contributed by atoms with Gasteiger partial charge >= 0.3 is 0 Å². The molecule has 2 nitrogen and oxygen atoms in total. The number of fused-ring (bicyclic) bond motifs is 1. The number of hydrogen-bond acceptors (Lipinski definition) is 2. The number of benzene rings is 1. The average Bonchev–Trinajstić information content (AvgIpc) is 3.11. The first kappa shape index (κ1) is 14.6. The Morgan fingerprint density at radius 1 is 1.29 bits per heavy atom. The second kappa shape index (κ2) is 6.20. The van der Waals surface area contributed by atoms with E-state index in [4.69, 9.17) is 16.6 Å². The summed E-state index contributed by atoms with van der Waals surface area (Å²) in [6.07, 6.45) is 1.85. The minimum Gasteiger partial charge on any atom is -0.319 e. The quantitative estimate of drug-likeness (QED) is 0.592. The van der Waals surface area contributed by atoms with E-state index >= 15 is 0 Å². The van der Waals surface area contributed by atoms with Gasteiger partial charge in [0, 0.05) is 17.2 Å². The maximum atomic E-state index is 6.00. The third-order valence-corrected chi connectivity index (χ3v) is 5.05. The maximum absolute atomic E-state index is 6.00. The van der Waals surface area contributed by atoms with E-state index < -0.39 is 0 Å². The molecular formula is C17H19ClN2S. The molecule has 1 unspecified atom stereocenters. The van der Waals surface area contributed by atoms with Gasteiger partial charge < -0.3 is 4.57 Å². The zero-order valence-corrected chi connectivity index (χ0v) is 13.9. The number of rotatable bonds is 5. The summed E-state index contributed by atoms with van der Waals surface area (Å²) >= 11 is 7.81. The molecule has 1 aromatic carbocycles. The van der Waals surface area contributed by atoms with E-state index in [1.54, 1.807) is 0 Å². The first-order chi connectivity index (χ1) is 10.3. The largest absolute Gasteiger partial charge is 0.319 e. The van der Waals surface area contributed by atoms with Crippen LogP contribution in [-0.2, 0) is 6.42 Å². The summed E-state index contributed by atoms with van der Waals surface area (Å²) in [5, 5.41) is 2.14. The Morgan fingerprint density at radius 2 is 2.14 bits per heavy atom. The van der Waals surface area contributed by atoms with Crippen LogP contribution in [0.25, 0.3) is 11.0 Å². The summed E-state index contributed by atoms with van der Waals surface area (Å²) in [4.78, 5) is 6.25. The van der Waals surface area contributed by atoms with E-state index in [-0.39, 0.29) is 0 Å². The van der Waals surface area contributed by atoms with Gasteiger partial charge in [-0.3, -0.25) is 0 Å². The molecule has 0 N–H and O–H groups in total. The maximum Gasteiger partial charge on any atom is 0.111 e. The standard InChI is InChI=1S/C17H19ClN2S/c1-3-13(15-8-5-11-21-15)20-14-7-4-6-12(2)17(14)19-16(20)9-10-18/h4-8,11,13H,3,9-10H2,1-2H3. The zero-order valence-electron chi connectivity index (χ0n) is 12.3. The van der Waals surface area contributed by atoms with E-state index in [2.05, 4.69) is 54.1 Å². The van der Waals surface area contributed by atoms with Crippen molar-refractivity contribution in [1.82, 2.24) is 9.55 Å². The molecular weight excluding hydrogens is 300 g/mol. The molecule has 0 spiro atoms. The fraction of sp³-hybridized carbons (Fsp3) is 0.353. The second-order valence-corrected chi connectivity index (χ2v) is 6.58. The highest BCUT2D eigenvalue weighted by Gasteiger charge is 2.20. The molecule has 3 aromatic rings. The highest BCUT2D eigenvalue weighted by atomic mass is 35.5. The van der Waals surface area contributed by atoms with Gasteiger partial charge in [-0.05, 0) is 36.4 Å². The van der Waals surface area contributed by atoms with Crippen LogP contribution in [0.4, 0.5) is 0 Å². The Labute approximate surface area is 134 Å². The lowest BCUT2D eigenvalue weighted by Gasteiger charge is -2.19. The lowest BCUT2D eigenvalue weighted by Crippen LogP contribution is -2.12. The van der Waals surface area contributed by atoms with Gasteiger partial charge in [-0.15, -0.1) is 22.9 Å². The molecule has 0 aliphatic rings. The van der Waals surface area contributed by atoms with E-state index in [9.17, 15) is 0 Å². The van der Waals surface area contributed by atoms with E-state index in [0.717, 1.165) is 24.2 Å². The first-order valence-corrected chi connectivity index (χ1v) is 8.73. The fourth-order valence-electron chi connectivity index (χ4n) is 2.91. The number of nitrogens with zero attached hydrogens (tertiary/aromatic N) is 2. The molecule has 0 fully saturated rings. The number of aromatic nitrogens is 2. The van der Waals surface area contributed by atoms with Gasteiger partial charge in [0.15, 0.2) is 0 Å². The number of imidazole rings is 1. The molecule has 0 saturated heterocycles. The van der Waals surface area contributed by atoms with Crippen LogP contribution in [0.1, 0.15) is 35.7 Å². The smallest absolute Gasteiger partial charge is 0.111 e. The highest BCUT2D eigenvalue weighted by molar-refractivity contribution is 7.10. The Morgan fingerprint density at radius 3 is 2.81 bits per heavy atom. The van der Waals surface area contributed by atoms with Crippen molar-refractivity contribution < 1.29 is 0 Å². The van der Waals surface area contributed by atoms with Crippen LogP contribution in [0, 0.1) is 6.92 Å². The SMILES string of the molecule is CCC(c1cccs1)n1c(CCCl)nc2c(C)cccc21. The van der Waals surface area contributed by atoms with Crippen LogP contribution in [0.5, 0.6) is 0 Å². The molecule has 2 heterocycles. The van der Waals surface area contributed by atoms with Crippen molar-refractivity contribution in [2.24, 2.45) is 0 Å². The Bertz CT molecular complexity index is 731. The topological polar surface area (TPSA) is 17.8 Å². The van der Waals surface area contributed by atoms with Crippen LogP contribution in [0.15, 0.2) is 35.7 Å². The summed E-state index contributed by atoms with van der Waals surface area (Å²) in [6.45, 7) is 4.35. The van der Waals surface area contributed by atoms with Gasteiger partial charge in [-0.1, -0.05) is 25.1 Å². The van der Waals surface area contributed by atoms with Gasteiger partial charge in [0.25, 0.3) is 0 Å². The van der Waals surface area contributed by atoms with Gasteiger partial charge in [-0.2, -0.15) is 0 Å². The molecule has 4 heteroatoms. The molecule has 110 valence electrons. The van der Waals surface area contributed by atoms with Crippen LogP contribution >= 0.6 is 22.9 Å². The van der Waals surface area contributed by atoms with Crippen molar-refractivity contribution in [3.05, 3.63) is 52.0 Å². The lowest BCUT2D eigenvalue weighted by atomic mass is 10.1. The predicted octanol–water partition coefficient (Wildman–Crippen LogP) is 5.19. The number of halogens is 1. The lowest BCUT2D eigenvalue weighted by molar-refractivity contribution is 0.567. The predicted molar refractivity (Wildman–Crippen MR) is 91.6 cm³/mol. The molecule has 21 heavy (non-hydrogen) atoms. The monoisotopic (exact) mass is 318 g/mol. The summed E-state index contributed by atoms with van der Waals surface area (Å²) in [5.41, 5.74) is 3.55. The molecule has 0 saturated carbocycles.